The zero-order valence-corrected chi connectivity index (χ0v) is 15.5. The van der Waals surface area contributed by atoms with E-state index in [0.29, 0.717) is 0 Å². The number of aromatic nitrogens is 3. The van der Waals surface area contributed by atoms with Gasteiger partial charge in [-0.2, -0.15) is 0 Å². The van der Waals surface area contributed by atoms with E-state index in [4.69, 9.17) is 5.11 Å². The van der Waals surface area contributed by atoms with Crippen molar-refractivity contribution in [2.45, 2.75) is 47.1 Å². The highest BCUT2D eigenvalue weighted by atomic mass is 16.3. The van der Waals surface area contributed by atoms with Gasteiger partial charge in [0, 0.05) is 25.4 Å². The molecule has 2 rings (SSSR count). The third-order valence-electron chi connectivity index (χ3n) is 4.78. The molecule has 0 saturated carbocycles. The summed E-state index contributed by atoms with van der Waals surface area (Å²) in [5, 5.41) is 13.7. The monoisotopic (exact) mass is 333 g/mol. The van der Waals surface area contributed by atoms with E-state index in [1.54, 1.807) is 6.33 Å². The number of fused-ring (bicyclic) bond motifs is 1. The minimum absolute atomic E-state index is 0.194. The predicted molar refractivity (Wildman–Crippen MR) is 99.6 cm³/mol. The van der Waals surface area contributed by atoms with Crippen LogP contribution in [0.5, 0.6) is 0 Å². The van der Waals surface area contributed by atoms with E-state index >= 15 is 0 Å². The molecule has 6 nitrogen and oxygen atoms in total. The number of hydrogen-bond acceptors (Lipinski definition) is 5. The molecule has 0 aliphatic heterocycles. The molecule has 0 aliphatic carbocycles. The van der Waals surface area contributed by atoms with Gasteiger partial charge in [0.1, 0.15) is 17.8 Å². The van der Waals surface area contributed by atoms with Gasteiger partial charge in [-0.25, -0.2) is 9.97 Å². The lowest BCUT2D eigenvalue weighted by atomic mass is 10.2. The van der Waals surface area contributed by atoms with Crippen molar-refractivity contribution in [1.82, 2.24) is 19.4 Å². The molecule has 134 valence electrons. The second-order valence-corrected chi connectivity index (χ2v) is 6.17. The lowest BCUT2D eigenvalue weighted by molar-refractivity contribution is 0.280. The lowest BCUT2D eigenvalue weighted by Crippen LogP contribution is -2.25. The second-order valence-electron chi connectivity index (χ2n) is 6.17. The Bertz CT molecular complexity index is 648. The van der Waals surface area contributed by atoms with Gasteiger partial charge in [0.25, 0.3) is 0 Å². The first-order valence-electron chi connectivity index (χ1n) is 9.01. The Morgan fingerprint density at radius 1 is 1.17 bits per heavy atom. The number of rotatable bonds is 10. The van der Waals surface area contributed by atoms with E-state index in [2.05, 4.69) is 52.4 Å². The van der Waals surface area contributed by atoms with Crippen LogP contribution in [0.2, 0.25) is 0 Å². The Morgan fingerprint density at radius 3 is 2.58 bits per heavy atom. The first kappa shape index (κ1) is 18.7. The molecule has 2 aromatic heterocycles. The van der Waals surface area contributed by atoms with Crippen LogP contribution in [0.25, 0.3) is 11.0 Å². The van der Waals surface area contributed by atoms with Gasteiger partial charge >= 0.3 is 0 Å². The summed E-state index contributed by atoms with van der Waals surface area (Å²) < 4.78 is 2.18. The van der Waals surface area contributed by atoms with Crippen molar-refractivity contribution in [3.05, 3.63) is 17.6 Å². The maximum absolute atomic E-state index is 9.12. The molecular formula is C18H31N5O. The van der Waals surface area contributed by atoms with Gasteiger partial charge in [0.05, 0.1) is 5.39 Å². The molecule has 0 bridgehead atoms. The molecule has 0 atom stereocenters. The second kappa shape index (κ2) is 8.99. The fraction of sp³-hybridized carbons (Fsp3) is 0.667. The van der Waals surface area contributed by atoms with Crippen LogP contribution in [0.1, 0.15) is 37.9 Å². The molecule has 2 aromatic rings. The molecule has 0 spiro atoms. The van der Waals surface area contributed by atoms with Crippen molar-refractivity contribution < 1.29 is 5.11 Å². The number of nitrogens with zero attached hydrogens (tertiary/aromatic N) is 4. The van der Waals surface area contributed by atoms with Gasteiger partial charge in [0.15, 0.2) is 0 Å². The molecule has 0 aliphatic rings. The van der Waals surface area contributed by atoms with Crippen molar-refractivity contribution in [2.24, 2.45) is 0 Å². The highest BCUT2D eigenvalue weighted by Gasteiger charge is 2.15. The Balaban J connectivity index is 2.13. The standard InChI is InChI=1S/C18H31N5O/c1-5-22(6-2)10-7-9-19-17-16-14(3)15(4)23(11-8-12-24)18(16)21-13-20-17/h13,24H,5-12H2,1-4H3,(H,19,20,21). The minimum Gasteiger partial charge on any atom is -0.396 e. The van der Waals surface area contributed by atoms with Gasteiger partial charge < -0.3 is 19.9 Å². The molecule has 0 amide bonds. The van der Waals surface area contributed by atoms with Crippen LogP contribution in [0.15, 0.2) is 6.33 Å². The largest absolute Gasteiger partial charge is 0.396 e. The fourth-order valence-corrected chi connectivity index (χ4v) is 3.15. The number of aliphatic hydroxyl groups is 1. The van der Waals surface area contributed by atoms with Crippen molar-refractivity contribution in [3.63, 3.8) is 0 Å². The molecule has 0 fully saturated rings. The summed E-state index contributed by atoms with van der Waals surface area (Å²) in [6, 6.07) is 0. The topological polar surface area (TPSA) is 66.2 Å². The number of aliphatic hydroxyl groups excluding tert-OH is 1. The van der Waals surface area contributed by atoms with Gasteiger partial charge in [-0.15, -0.1) is 0 Å². The number of aryl methyl sites for hydroxylation is 2. The summed E-state index contributed by atoms with van der Waals surface area (Å²) in [4.78, 5) is 11.4. The van der Waals surface area contributed by atoms with Crippen LogP contribution >= 0.6 is 0 Å². The van der Waals surface area contributed by atoms with E-state index < -0.39 is 0 Å². The first-order chi connectivity index (χ1) is 11.6. The highest BCUT2D eigenvalue weighted by molar-refractivity contribution is 5.91. The molecule has 24 heavy (non-hydrogen) atoms. The quantitative estimate of drug-likeness (QED) is 0.654. The molecule has 0 aromatic carbocycles. The van der Waals surface area contributed by atoms with E-state index in [9.17, 15) is 0 Å². The number of nitrogens with one attached hydrogen (secondary N) is 1. The first-order valence-corrected chi connectivity index (χ1v) is 9.01. The molecule has 0 radical (unpaired) electrons. The lowest BCUT2D eigenvalue weighted by Gasteiger charge is -2.17. The molecule has 2 N–H and O–H groups in total. The maximum Gasteiger partial charge on any atom is 0.145 e. The van der Waals surface area contributed by atoms with Crippen molar-refractivity contribution in [3.8, 4) is 0 Å². The van der Waals surface area contributed by atoms with Crippen molar-refractivity contribution in [2.75, 3.05) is 38.1 Å². The van der Waals surface area contributed by atoms with Gasteiger partial charge in [-0.3, -0.25) is 0 Å². The van der Waals surface area contributed by atoms with Crippen molar-refractivity contribution in [1.29, 1.82) is 0 Å². The smallest absolute Gasteiger partial charge is 0.145 e. The zero-order chi connectivity index (χ0) is 17.5. The van der Waals surface area contributed by atoms with Crippen LogP contribution in [0, 0.1) is 13.8 Å². The molecule has 2 heterocycles. The predicted octanol–water partition coefficient (Wildman–Crippen LogP) is 2.57. The Labute approximate surface area is 144 Å². The zero-order valence-electron chi connectivity index (χ0n) is 15.5. The fourth-order valence-electron chi connectivity index (χ4n) is 3.15. The van der Waals surface area contributed by atoms with Crippen LogP contribution in [0.4, 0.5) is 5.82 Å². The molecular weight excluding hydrogens is 302 g/mol. The maximum atomic E-state index is 9.12. The molecule has 0 unspecified atom stereocenters. The van der Waals surface area contributed by atoms with Gasteiger partial charge in [0.2, 0.25) is 0 Å². The van der Waals surface area contributed by atoms with E-state index in [0.717, 1.165) is 62.4 Å². The molecule has 6 heteroatoms. The summed E-state index contributed by atoms with van der Waals surface area (Å²) in [5.41, 5.74) is 3.37. The highest BCUT2D eigenvalue weighted by Crippen LogP contribution is 2.28. The number of anilines is 1. The normalized spacial score (nSPS) is 11.6. The Hall–Kier alpha value is -1.66. The third-order valence-corrected chi connectivity index (χ3v) is 4.78. The van der Waals surface area contributed by atoms with Crippen LogP contribution in [-0.4, -0.2) is 57.3 Å². The van der Waals surface area contributed by atoms with Gasteiger partial charge in [-0.05, 0) is 51.9 Å². The Morgan fingerprint density at radius 2 is 1.92 bits per heavy atom. The summed E-state index contributed by atoms with van der Waals surface area (Å²) in [6.45, 7) is 13.8. The molecule has 0 saturated heterocycles. The Kier molecular flexibility index (Phi) is 6.99. The van der Waals surface area contributed by atoms with Crippen LogP contribution in [0.3, 0.4) is 0 Å². The summed E-state index contributed by atoms with van der Waals surface area (Å²) in [7, 11) is 0. The van der Waals surface area contributed by atoms with E-state index in [-0.39, 0.29) is 6.61 Å². The van der Waals surface area contributed by atoms with Crippen molar-refractivity contribution >= 4 is 16.9 Å². The van der Waals surface area contributed by atoms with Crippen LogP contribution in [-0.2, 0) is 6.54 Å². The summed E-state index contributed by atoms with van der Waals surface area (Å²) in [5.74, 6) is 0.919. The van der Waals surface area contributed by atoms with E-state index in [1.165, 1.54) is 11.3 Å². The minimum atomic E-state index is 0.194. The summed E-state index contributed by atoms with van der Waals surface area (Å²) in [6.07, 6.45) is 3.46. The average molecular weight is 333 g/mol. The van der Waals surface area contributed by atoms with Gasteiger partial charge in [-0.1, -0.05) is 13.8 Å². The SMILES string of the molecule is CCN(CC)CCCNc1ncnc2c1c(C)c(C)n2CCCO. The number of hydrogen-bond donors (Lipinski definition) is 2. The van der Waals surface area contributed by atoms with E-state index in [1.807, 2.05) is 0 Å². The summed E-state index contributed by atoms with van der Waals surface area (Å²) >= 11 is 0. The van der Waals surface area contributed by atoms with Crippen LogP contribution < -0.4 is 5.32 Å². The third kappa shape index (κ3) is 4.05. The average Bonchev–Trinajstić information content (AvgIpc) is 2.85.